The summed E-state index contributed by atoms with van der Waals surface area (Å²) in [5.74, 6) is 0.879. The van der Waals surface area contributed by atoms with Crippen LogP contribution in [-0.4, -0.2) is 39.1 Å². The van der Waals surface area contributed by atoms with Crippen molar-refractivity contribution in [3.8, 4) is 67.5 Å². The molecule has 0 fully saturated rings. The molecule has 0 radical (unpaired) electrons. The average molecular weight is 702 g/mol. The summed E-state index contributed by atoms with van der Waals surface area (Å²) in [6.07, 6.45) is 11.9. The molecule has 4 heterocycles. The number of carbonyl (C=O) groups is 2. The Bertz CT molecular complexity index is 2330. The first-order valence-electron chi connectivity index (χ1n) is 17.2. The number of hydrogen-bond acceptors (Lipinski definition) is 6. The minimum atomic E-state index is -0.821. The highest BCUT2D eigenvalue weighted by molar-refractivity contribution is 5.73. The third kappa shape index (κ3) is 8.51. The van der Waals surface area contributed by atoms with Gasteiger partial charge in [-0.15, -0.1) is 0 Å². The van der Waals surface area contributed by atoms with Gasteiger partial charge in [0.25, 0.3) is 6.47 Å². The van der Waals surface area contributed by atoms with E-state index in [9.17, 15) is 9.59 Å². The summed E-state index contributed by atoms with van der Waals surface area (Å²) in [4.78, 5) is 36.3. The Morgan fingerprint density at radius 3 is 1.21 bits per heavy atom. The van der Waals surface area contributed by atoms with Crippen molar-refractivity contribution in [2.24, 2.45) is 7.05 Å². The van der Waals surface area contributed by atoms with Crippen molar-refractivity contribution in [1.29, 1.82) is 0 Å². The molecule has 3 aromatic carbocycles. The van der Waals surface area contributed by atoms with Crippen molar-refractivity contribution in [2.75, 3.05) is 6.61 Å². The SMILES string of the molecule is C[n+]1ccc(-c2ccc(-c3nc(-c4ccc(-c5cc[n+](CCOC=O)cc5)cc4)nc(-c4ccc(-c5cc[n+](CCC(=O)O)cc5)cc4)n3)cc2)cc1. The fourth-order valence-electron chi connectivity index (χ4n) is 5.92. The second-order valence-electron chi connectivity index (χ2n) is 12.6. The minimum absolute atomic E-state index is 0.0728. The summed E-state index contributed by atoms with van der Waals surface area (Å²) < 4.78 is 10.7. The molecule has 4 aromatic heterocycles. The van der Waals surface area contributed by atoms with Crippen LogP contribution in [0.4, 0.5) is 0 Å². The van der Waals surface area contributed by atoms with E-state index in [-0.39, 0.29) is 6.42 Å². The number of pyridine rings is 3. The largest absolute Gasteiger partial charge is 0.481 e. The summed E-state index contributed by atoms with van der Waals surface area (Å²) in [5, 5.41) is 9.00. The third-order valence-corrected chi connectivity index (χ3v) is 8.94. The highest BCUT2D eigenvalue weighted by Gasteiger charge is 2.14. The monoisotopic (exact) mass is 701 g/mol. The second kappa shape index (κ2) is 15.9. The molecule has 7 aromatic rings. The van der Waals surface area contributed by atoms with E-state index in [2.05, 4.69) is 36.4 Å². The molecule has 260 valence electrons. The van der Waals surface area contributed by atoms with E-state index in [1.165, 1.54) is 0 Å². The maximum atomic E-state index is 11.0. The summed E-state index contributed by atoms with van der Waals surface area (Å²) in [6.45, 7) is 1.79. The Morgan fingerprint density at radius 1 is 0.528 bits per heavy atom. The van der Waals surface area contributed by atoms with Gasteiger partial charge in [0.05, 0.1) is 0 Å². The van der Waals surface area contributed by atoms with E-state index in [0.717, 1.165) is 50.1 Å². The molecule has 0 amide bonds. The predicted molar refractivity (Wildman–Crippen MR) is 198 cm³/mol. The van der Waals surface area contributed by atoms with Crippen LogP contribution in [-0.2, 0) is 34.5 Å². The number of ether oxygens (including phenoxy) is 1. The van der Waals surface area contributed by atoms with Crippen molar-refractivity contribution in [1.82, 2.24) is 15.0 Å². The molecule has 0 aliphatic carbocycles. The zero-order valence-electron chi connectivity index (χ0n) is 29.1. The number of benzene rings is 3. The normalized spacial score (nSPS) is 10.9. The summed E-state index contributed by atoms with van der Waals surface area (Å²) in [6, 6.07) is 36.7. The highest BCUT2D eigenvalue weighted by Crippen LogP contribution is 2.29. The van der Waals surface area contributed by atoms with Gasteiger partial charge in [-0.1, -0.05) is 72.8 Å². The Labute approximate surface area is 307 Å². The number of carboxylic acid groups (broad SMARTS) is 1. The van der Waals surface area contributed by atoms with E-state index in [4.69, 9.17) is 24.8 Å². The number of aryl methyl sites for hydroxylation is 2. The van der Waals surface area contributed by atoms with Gasteiger partial charge < -0.3 is 9.84 Å². The molecule has 53 heavy (non-hydrogen) atoms. The number of carbonyl (C=O) groups excluding carboxylic acids is 1. The molecular weight excluding hydrogens is 665 g/mol. The van der Waals surface area contributed by atoms with E-state index in [1.807, 2.05) is 131 Å². The van der Waals surface area contributed by atoms with Gasteiger partial charge in [-0.05, 0) is 33.4 Å². The number of rotatable bonds is 13. The van der Waals surface area contributed by atoms with Crippen LogP contribution in [0.2, 0.25) is 0 Å². The van der Waals surface area contributed by atoms with Crippen molar-refractivity contribution in [3.63, 3.8) is 0 Å². The molecule has 0 spiro atoms. The molecule has 0 unspecified atom stereocenters. The summed E-state index contributed by atoms with van der Waals surface area (Å²) >= 11 is 0. The van der Waals surface area contributed by atoms with Crippen molar-refractivity contribution in [3.05, 3.63) is 146 Å². The lowest BCUT2D eigenvalue weighted by Gasteiger charge is -2.10. The van der Waals surface area contributed by atoms with Gasteiger partial charge in [0, 0.05) is 53.1 Å². The lowest BCUT2D eigenvalue weighted by atomic mass is 10.0. The molecule has 0 aliphatic rings. The van der Waals surface area contributed by atoms with E-state index in [0.29, 0.717) is 43.6 Å². The van der Waals surface area contributed by atoms with Gasteiger partial charge in [-0.3, -0.25) is 9.59 Å². The number of nitrogens with zero attached hydrogens (tertiary/aromatic N) is 6. The van der Waals surface area contributed by atoms with Crippen LogP contribution < -0.4 is 13.7 Å². The Morgan fingerprint density at radius 2 is 0.849 bits per heavy atom. The van der Waals surface area contributed by atoms with Gasteiger partial charge in [0.15, 0.2) is 67.7 Å². The highest BCUT2D eigenvalue weighted by atomic mass is 16.5. The topological polar surface area (TPSA) is 114 Å². The lowest BCUT2D eigenvalue weighted by molar-refractivity contribution is -0.697. The zero-order chi connectivity index (χ0) is 36.6. The maximum Gasteiger partial charge on any atom is 0.309 e. The fourth-order valence-corrected chi connectivity index (χ4v) is 5.92. The summed E-state index contributed by atoms with van der Waals surface area (Å²) in [7, 11) is 2.00. The number of hydrogen-bond donors (Lipinski definition) is 1. The van der Waals surface area contributed by atoms with Crippen LogP contribution >= 0.6 is 0 Å². The molecule has 0 saturated carbocycles. The van der Waals surface area contributed by atoms with Crippen LogP contribution in [0.15, 0.2) is 146 Å². The Hall–Kier alpha value is -6.94. The molecule has 0 atom stereocenters. The quantitative estimate of drug-likeness (QED) is 0.0903. The number of aliphatic carboxylic acids is 1. The van der Waals surface area contributed by atoms with Gasteiger partial charge in [0.2, 0.25) is 0 Å². The van der Waals surface area contributed by atoms with Crippen molar-refractivity contribution >= 4 is 12.4 Å². The van der Waals surface area contributed by atoms with E-state index in [1.54, 1.807) is 0 Å². The standard InChI is InChI=1S/C43H36N6O4/c1-47-21-14-34(15-22-47)31-2-8-37(9-3-31)41-44-42(38-10-4-32(5-11-38)35-16-23-48(24-17-35)27-20-40(51)52)46-43(45-41)39-12-6-33(7-13-39)36-18-25-49(26-19-36)28-29-53-30-50/h2-19,21-26,30H,20,27-29H2,1H3/q+2/p+1. The van der Waals surface area contributed by atoms with Gasteiger partial charge in [0.1, 0.15) is 20.1 Å². The van der Waals surface area contributed by atoms with Crippen molar-refractivity contribution < 1.29 is 33.1 Å². The molecule has 0 aliphatic heterocycles. The van der Waals surface area contributed by atoms with Crippen molar-refractivity contribution in [2.45, 2.75) is 19.5 Å². The van der Waals surface area contributed by atoms with E-state index < -0.39 is 5.97 Å². The van der Waals surface area contributed by atoms with Crippen LogP contribution in [0, 0.1) is 0 Å². The first kappa shape index (κ1) is 34.5. The van der Waals surface area contributed by atoms with Crippen LogP contribution in [0.3, 0.4) is 0 Å². The minimum Gasteiger partial charge on any atom is -0.481 e. The first-order valence-corrected chi connectivity index (χ1v) is 17.2. The fraction of sp³-hybridized carbons (Fsp3) is 0.116. The van der Waals surface area contributed by atoms with Gasteiger partial charge in [-0.2, -0.15) is 0 Å². The maximum absolute atomic E-state index is 11.0. The summed E-state index contributed by atoms with van der Waals surface area (Å²) in [5.41, 5.74) is 8.97. The molecule has 1 N–H and O–H groups in total. The zero-order valence-corrected chi connectivity index (χ0v) is 29.1. The Kier molecular flexibility index (Phi) is 10.4. The number of aromatic nitrogens is 6. The van der Waals surface area contributed by atoms with Crippen LogP contribution in [0.1, 0.15) is 6.42 Å². The lowest BCUT2D eigenvalue weighted by Crippen LogP contribution is -2.34. The molecule has 0 saturated heterocycles. The predicted octanol–water partition coefficient (Wildman–Crippen LogP) is 5.92. The third-order valence-electron chi connectivity index (χ3n) is 8.94. The Balaban J connectivity index is 1.19. The van der Waals surface area contributed by atoms with Crippen LogP contribution in [0.25, 0.3) is 67.5 Å². The second-order valence-corrected chi connectivity index (χ2v) is 12.6. The molecule has 10 heteroatoms. The molecule has 0 bridgehead atoms. The number of carboxylic acids is 1. The van der Waals surface area contributed by atoms with E-state index >= 15 is 0 Å². The van der Waals surface area contributed by atoms with Gasteiger partial charge in [-0.25, -0.2) is 28.7 Å². The smallest absolute Gasteiger partial charge is 0.309 e. The van der Waals surface area contributed by atoms with Gasteiger partial charge >= 0.3 is 5.97 Å². The first-order chi connectivity index (χ1) is 25.9. The molecular formula is C43H37N6O4+3. The molecule has 10 nitrogen and oxygen atoms in total. The molecule has 7 rings (SSSR count). The average Bonchev–Trinajstić information content (AvgIpc) is 3.21. The van der Waals surface area contributed by atoms with Crippen LogP contribution in [0.5, 0.6) is 0 Å².